The summed E-state index contributed by atoms with van der Waals surface area (Å²) in [5, 5.41) is 18.1. The molecule has 0 fully saturated rings. The van der Waals surface area contributed by atoms with Crippen molar-refractivity contribution in [2.24, 2.45) is 16.1 Å². The van der Waals surface area contributed by atoms with E-state index in [2.05, 4.69) is 4.99 Å². The van der Waals surface area contributed by atoms with Gasteiger partial charge in [-0.25, -0.2) is 9.38 Å². The average molecular weight is 290 g/mol. The zero-order valence-electron chi connectivity index (χ0n) is 11.3. The van der Waals surface area contributed by atoms with Gasteiger partial charge in [0.1, 0.15) is 11.7 Å². The number of halogens is 1. The van der Waals surface area contributed by atoms with Gasteiger partial charge < -0.3 is 16.4 Å². The van der Waals surface area contributed by atoms with Crippen molar-refractivity contribution in [2.45, 2.75) is 13.8 Å². The number of hydrogen-bond donors (Lipinski definition) is 3. The van der Waals surface area contributed by atoms with Gasteiger partial charge in [0.05, 0.1) is 0 Å². The molecule has 4 N–H and O–H groups in total. The van der Waals surface area contributed by atoms with Gasteiger partial charge in [-0.05, 0) is 30.8 Å². The van der Waals surface area contributed by atoms with E-state index in [0.29, 0.717) is 5.56 Å². The van der Waals surface area contributed by atoms with E-state index in [0.717, 1.165) is 0 Å². The minimum absolute atomic E-state index is 0. The fourth-order valence-electron chi connectivity index (χ4n) is 1.22. The molecule has 1 aromatic rings. The van der Waals surface area contributed by atoms with E-state index in [1.165, 1.54) is 24.3 Å². The van der Waals surface area contributed by atoms with E-state index in [9.17, 15) is 9.60 Å². The molecule has 98 valence electrons. The van der Waals surface area contributed by atoms with E-state index in [1.807, 2.05) is 0 Å². The molecule has 1 rings (SSSR count). The van der Waals surface area contributed by atoms with Gasteiger partial charge in [-0.15, -0.1) is 0 Å². The summed E-state index contributed by atoms with van der Waals surface area (Å²) < 4.78 is 12.7. The van der Waals surface area contributed by atoms with Crippen LogP contribution in [0, 0.1) is 21.8 Å². The molecule has 0 spiro atoms. The standard InChI is InChI=1S/C12H16FN4O.K/c1-12(2,7-16-18)11(15)17-10(14)8-3-5-9(13)6-4-8;/h3-6,16H,7H2,1-2H3,(H3,14,15,17);/q-1;+1. The zero-order valence-corrected chi connectivity index (χ0v) is 14.5. The third kappa shape index (κ3) is 5.78. The van der Waals surface area contributed by atoms with Crippen molar-refractivity contribution in [1.29, 1.82) is 5.41 Å². The van der Waals surface area contributed by atoms with Gasteiger partial charge in [0, 0.05) is 11.0 Å². The van der Waals surface area contributed by atoms with Crippen molar-refractivity contribution in [3.63, 3.8) is 0 Å². The third-order valence-corrected chi connectivity index (χ3v) is 2.56. The van der Waals surface area contributed by atoms with Crippen molar-refractivity contribution in [1.82, 2.24) is 5.48 Å². The van der Waals surface area contributed by atoms with Crippen molar-refractivity contribution in [3.05, 3.63) is 40.9 Å². The van der Waals surface area contributed by atoms with Crippen molar-refractivity contribution in [3.8, 4) is 0 Å². The first-order valence-corrected chi connectivity index (χ1v) is 5.41. The van der Waals surface area contributed by atoms with Crippen LogP contribution < -0.4 is 62.6 Å². The normalized spacial score (nSPS) is 11.9. The van der Waals surface area contributed by atoms with Gasteiger partial charge in [-0.2, -0.15) is 0 Å². The van der Waals surface area contributed by atoms with Crippen LogP contribution in [0.25, 0.3) is 0 Å². The molecule has 0 radical (unpaired) electrons. The minimum Gasteiger partial charge on any atom is -0.788 e. The Bertz CT molecular complexity index is 459. The van der Waals surface area contributed by atoms with E-state index in [4.69, 9.17) is 11.1 Å². The number of amidine groups is 2. The van der Waals surface area contributed by atoms with Gasteiger partial charge in [0.15, 0.2) is 5.84 Å². The number of nitrogens with two attached hydrogens (primary N) is 1. The predicted molar refractivity (Wildman–Crippen MR) is 70.0 cm³/mol. The molecule has 0 aliphatic rings. The molecule has 0 unspecified atom stereocenters. The second kappa shape index (κ2) is 8.20. The van der Waals surface area contributed by atoms with Gasteiger partial charge in [0.25, 0.3) is 0 Å². The van der Waals surface area contributed by atoms with Crippen LogP contribution >= 0.6 is 0 Å². The monoisotopic (exact) mass is 290 g/mol. The molecule has 0 bridgehead atoms. The average Bonchev–Trinajstić information content (AvgIpc) is 2.29. The second-order valence-corrected chi connectivity index (χ2v) is 4.56. The molecule has 19 heavy (non-hydrogen) atoms. The number of nitrogens with one attached hydrogen (secondary N) is 2. The number of hydrogen-bond acceptors (Lipinski definition) is 3. The second-order valence-electron chi connectivity index (χ2n) is 4.56. The van der Waals surface area contributed by atoms with Gasteiger partial charge in [-0.3, -0.25) is 5.41 Å². The van der Waals surface area contributed by atoms with E-state index < -0.39 is 5.41 Å². The van der Waals surface area contributed by atoms with Gasteiger partial charge in [0.2, 0.25) is 0 Å². The summed E-state index contributed by atoms with van der Waals surface area (Å²) in [6, 6.07) is 5.40. The number of benzene rings is 1. The fraction of sp³-hybridized carbons (Fsp3) is 0.333. The molecule has 5 nitrogen and oxygen atoms in total. The van der Waals surface area contributed by atoms with Crippen LogP contribution in [-0.2, 0) is 0 Å². The molecule has 0 saturated carbocycles. The van der Waals surface area contributed by atoms with Crippen molar-refractivity contribution in [2.75, 3.05) is 6.54 Å². The maximum Gasteiger partial charge on any atom is 1.00 e. The summed E-state index contributed by atoms with van der Waals surface area (Å²) in [4.78, 5) is 3.94. The summed E-state index contributed by atoms with van der Waals surface area (Å²) in [6.45, 7) is 3.60. The molecule has 0 aliphatic heterocycles. The van der Waals surface area contributed by atoms with E-state index in [-0.39, 0.29) is 75.4 Å². The Kier molecular flexibility index (Phi) is 8.14. The molecular formula is C12H16FKN4O. The topological polar surface area (TPSA) is 97.3 Å². The molecule has 1 aromatic carbocycles. The Balaban J connectivity index is 0.00000324. The Labute approximate surface area is 154 Å². The van der Waals surface area contributed by atoms with Crippen LogP contribution in [0.3, 0.4) is 0 Å². The predicted octanol–water partition coefficient (Wildman–Crippen LogP) is -1.37. The first-order chi connectivity index (χ1) is 8.36. The Morgan fingerprint density at radius 3 is 2.42 bits per heavy atom. The number of rotatable bonds is 4. The molecule has 0 saturated heterocycles. The maximum absolute atomic E-state index is 12.7. The smallest absolute Gasteiger partial charge is 0.788 e. The molecule has 0 atom stereocenters. The van der Waals surface area contributed by atoms with Crippen LogP contribution in [-0.4, -0.2) is 18.2 Å². The molecule has 0 heterocycles. The SMILES string of the molecule is CC(C)(CN[O-])C(N)=NC(=N)c1ccc(F)cc1.[K+]. The number of nitrogens with zero attached hydrogens (tertiary/aromatic N) is 1. The van der Waals surface area contributed by atoms with Crippen molar-refractivity contribution < 1.29 is 55.8 Å². The summed E-state index contributed by atoms with van der Waals surface area (Å²) >= 11 is 0. The largest absolute Gasteiger partial charge is 1.00 e. The number of hydroxylamine groups is 1. The molecule has 7 heteroatoms. The van der Waals surface area contributed by atoms with Crippen LogP contribution in [0.15, 0.2) is 29.3 Å². The van der Waals surface area contributed by atoms with E-state index in [1.54, 1.807) is 19.3 Å². The number of aliphatic imine (C=N–C) groups is 1. The molecular weight excluding hydrogens is 274 g/mol. The van der Waals surface area contributed by atoms with Gasteiger partial charge in [-0.1, -0.05) is 13.8 Å². The van der Waals surface area contributed by atoms with Crippen LogP contribution in [0.2, 0.25) is 0 Å². The van der Waals surface area contributed by atoms with Crippen LogP contribution in [0.1, 0.15) is 19.4 Å². The van der Waals surface area contributed by atoms with E-state index >= 15 is 0 Å². The molecule has 0 aromatic heterocycles. The first kappa shape index (κ1) is 18.8. The Morgan fingerprint density at radius 2 is 1.95 bits per heavy atom. The third-order valence-electron chi connectivity index (χ3n) is 2.56. The quantitative estimate of drug-likeness (QED) is 0.276. The Hall–Kier alpha value is -0.154. The molecule has 0 amide bonds. The fourth-order valence-corrected chi connectivity index (χ4v) is 1.22. The van der Waals surface area contributed by atoms with Crippen LogP contribution in [0.4, 0.5) is 4.39 Å². The minimum atomic E-state index is -0.645. The summed E-state index contributed by atoms with van der Waals surface area (Å²) in [6.07, 6.45) is 0. The summed E-state index contributed by atoms with van der Waals surface area (Å²) in [7, 11) is 0. The Morgan fingerprint density at radius 1 is 1.42 bits per heavy atom. The summed E-state index contributed by atoms with van der Waals surface area (Å²) in [5.74, 6) is -0.258. The maximum atomic E-state index is 12.7. The first-order valence-electron chi connectivity index (χ1n) is 5.41. The summed E-state index contributed by atoms with van der Waals surface area (Å²) in [5.41, 5.74) is 7.36. The van der Waals surface area contributed by atoms with Crippen LogP contribution in [0.5, 0.6) is 0 Å². The van der Waals surface area contributed by atoms with Crippen molar-refractivity contribution >= 4 is 11.7 Å². The van der Waals surface area contributed by atoms with Gasteiger partial charge >= 0.3 is 51.4 Å². The zero-order chi connectivity index (χ0) is 13.8. The molecule has 0 aliphatic carbocycles.